The predicted molar refractivity (Wildman–Crippen MR) is 83.4 cm³/mol. The van der Waals surface area contributed by atoms with Crippen LogP contribution in [-0.4, -0.2) is 24.0 Å². The number of hydrogen-bond donors (Lipinski definition) is 2. The Morgan fingerprint density at radius 2 is 1.77 bits per heavy atom. The van der Waals surface area contributed by atoms with Crippen molar-refractivity contribution in [1.29, 1.82) is 0 Å². The number of amides is 2. The third-order valence-corrected chi connectivity index (χ3v) is 4.05. The molecular formula is C17H12N2O3. The largest absolute Gasteiger partial charge is 0.508 e. The van der Waals surface area contributed by atoms with Gasteiger partial charge in [0.05, 0.1) is 16.8 Å². The zero-order valence-corrected chi connectivity index (χ0v) is 11.8. The van der Waals surface area contributed by atoms with Gasteiger partial charge in [-0.2, -0.15) is 0 Å². The number of para-hydroxylation sites is 1. The van der Waals surface area contributed by atoms with E-state index in [1.807, 2.05) is 24.3 Å². The maximum atomic E-state index is 12.6. The van der Waals surface area contributed by atoms with Gasteiger partial charge in [-0.1, -0.05) is 18.2 Å². The number of nitrogens with zero attached hydrogens (tertiary/aromatic N) is 1. The van der Waals surface area contributed by atoms with Crippen molar-refractivity contribution < 1.29 is 14.7 Å². The summed E-state index contributed by atoms with van der Waals surface area (Å²) in [5, 5.41) is 12.4. The predicted octanol–water partition coefficient (Wildman–Crippen LogP) is 2.23. The summed E-state index contributed by atoms with van der Waals surface area (Å²) in [4.78, 5) is 26.5. The second-order valence-corrected chi connectivity index (χ2v) is 5.32. The van der Waals surface area contributed by atoms with E-state index in [2.05, 4.69) is 5.32 Å². The van der Waals surface area contributed by atoms with Gasteiger partial charge in [0.2, 0.25) is 0 Å². The van der Waals surface area contributed by atoms with Crippen LogP contribution < -0.4 is 10.2 Å². The zero-order chi connectivity index (χ0) is 15.4. The van der Waals surface area contributed by atoms with E-state index in [-0.39, 0.29) is 17.6 Å². The van der Waals surface area contributed by atoms with E-state index < -0.39 is 0 Å². The molecule has 0 atom stereocenters. The SMILES string of the molecule is CN1C(=O)/C(=C2/C(=O)Nc3ccc(O)cc32)c2ccccc21. The Balaban J connectivity index is 2.06. The Bertz CT molecular complexity index is 883. The molecule has 2 aliphatic heterocycles. The molecule has 2 aliphatic rings. The van der Waals surface area contributed by atoms with Crippen molar-refractivity contribution >= 4 is 34.3 Å². The summed E-state index contributed by atoms with van der Waals surface area (Å²) in [7, 11) is 1.69. The minimum Gasteiger partial charge on any atom is -0.508 e. The van der Waals surface area contributed by atoms with Gasteiger partial charge in [0.1, 0.15) is 5.75 Å². The summed E-state index contributed by atoms with van der Waals surface area (Å²) >= 11 is 0. The Hall–Kier alpha value is -3.08. The third-order valence-electron chi connectivity index (χ3n) is 4.05. The number of fused-ring (bicyclic) bond motifs is 2. The Morgan fingerprint density at radius 3 is 2.59 bits per heavy atom. The first-order chi connectivity index (χ1) is 10.6. The molecule has 0 aromatic heterocycles. The summed E-state index contributed by atoms with van der Waals surface area (Å²) in [5.74, 6) is -0.489. The van der Waals surface area contributed by atoms with Crippen molar-refractivity contribution in [1.82, 2.24) is 0 Å². The number of likely N-dealkylation sites (N-methyl/N-ethyl adjacent to an activating group) is 1. The minimum atomic E-state index is -0.325. The first-order valence-corrected chi connectivity index (χ1v) is 6.84. The molecule has 4 rings (SSSR count). The number of carbonyl (C=O) groups is 2. The van der Waals surface area contributed by atoms with Crippen LogP contribution in [0.25, 0.3) is 11.1 Å². The Morgan fingerprint density at radius 1 is 1.00 bits per heavy atom. The van der Waals surface area contributed by atoms with Crippen LogP contribution in [0.15, 0.2) is 42.5 Å². The van der Waals surface area contributed by atoms with Gasteiger partial charge in [-0.25, -0.2) is 0 Å². The zero-order valence-electron chi connectivity index (χ0n) is 11.8. The molecule has 0 saturated heterocycles. The van der Waals surface area contributed by atoms with Gasteiger partial charge in [0, 0.05) is 23.9 Å². The lowest BCUT2D eigenvalue weighted by Gasteiger charge is -2.08. The quantitative estimate of drug-likeness (QED) is 0.578. The standard InChI is InChI=1S/C17H12N2O3/c1-19-13-5-3-2-4-10(13)15(17(19)22)14-11-8-9(20)6-7-12(11)18-16(14)21/h2-8,20H,1H3,(H,18,21)/b15-14+. The van der Waals surface area contributed by atoms with Crippen LogP contribution >= 0.6 is 0 Å². The van der Waals surface area contributed by atoms with Crippen molar-refractivity contribution in [2.75, 3.05) is 17.3 Å². The van der Waals surface area contributed by atoms with Gasteiger partial charge >= 0.3 is 0 Å². The molecular weight excluding hydrogens is 280 g/mol. The number of hydrogen-bond acceptors (Lipinski definition) is 3. The molecule has 22 heavy (non-hydrogen) atoms. The summed E-state index contributed by atoms with van der Waals surface area (Å²) < 4.78 is 0. The molecule has 2 N–H and O–H groups in total. The highest BCUT2D eigenvalue weighted by atomic mass is 16.3. The molecule has 0 unspecified atom stereocenters. The van der Waals surface area contributed by atoms with Crippen LogP contribution in [0.5, 0.6) is 5.75 Å². The molecule has 0 spiro atoms. The lowest BCUT2D eigenvalue weighted by molar-refractivity contribution is -0.113. The van der Waals surface area contributed by atoms with Crippen molar-refractivity contribution in [3.05, 3.63) is 53.6 Å². The molecule has 2 aromatic rings. The molecule has 5 heteroatoms. The van der Waals surface area contributed by atoms with Crippen LogP contribution in [0.2, 0.25) is 0 Å². The number of aromatic hydroxyl groups is 1. The lowest BCUT2D eigenvalue weighted by Crippen LogP contribution is -2.21. The number of benzene rings is 2. The molecule has 2 aromatic carbocycles. The summed E-state index contributed by atoms with van der Waals surface area (Å²) in [5.41, 5.74) is 3.35. The first kappa shape index (κ1) is 12.6. The van der Waals surface area contributed by atoms with Gasteiger partial charge in [-0.15, -0.1) is 0 Å². The van der Waals surface area contributed by atoms with Gasteiger partial charge in [-0.05, 0) is 24.3 Å². The van der Waals surface area contributed by atoms with Gasteiger partial charge in [0.25, 0.3) is 11.8 Å². The van der Waals surface area contributed by atoms with Crippen LogP contribution in [0, 0.1) is 0 Å². The monoisotopic (exact) mass is 292 g/mol. The fourth-order valence-corrected chi connectivity index (χ4v) is 3.01. The van der Waals surface area contributed by atoms with Crippen molar-refractivity contribution in [2.45, 2.75) is 0 Å². The van der Waals surface area contributed by atoms with Crippen LogP contribution in [0.4, 0.5) is 11.4 Å². The van der Waals surface area contributed by atoms with Gasteiger partial charge in [0.15, 0.2) is 0 Å². The second kappa shape index (κ2) is 4.21. The number of phenolic OH excluding ortho intramolecular Hbond substituents is 1. The molecule has 108 valence electrons. The topological polar surface area (TPSA) is 69.6 Å². The summed E-state index contributed by atoms with van der Waals surface area (Å²) in [6, 6.07) is 12.0. The fourth-order valence-electron chi connectivity index (χ4n) is 3.01. The summed E-state index contributed by atoms with van der Waals surface area (Å²) in [6.45, 7) is 0. The average molecular weight is 292 g/mol. The Labute approximate surface area is 126 Å². The second-order valence-electron chi connectivity index (χ2n) is 5.32. The van der Waals surface area contributed by atoms with E-state index in [9.17, 15) is 14.7 Å². The molecule has 0 saturated carbocycles. The number of rotatable bonds is 0. The minimum absolute atomic E-state index is 0.0560. The van der Waals surface area contributed by atoms with Crippen LogP contribution in [0.3, 0.4) is 0 Å². The molecule has 0 fully saturated rings. The normalized spacial score (nSPS) is 19.2. The fraction of sp³-hybridized carbons (Fsp3) is 0.0588. The van der Waals surface area contributed by atoms with Crippen LogP contribution in [-0.2, 0) is 9.59 Å². The first-order valence-electron chi connectivity index (χ1n) is 6.84. The van der Waals surface area contributed by atoms with Crippen molar-refractivity contribution in [3.8, 4) is 5.75 Å². The van der Waals surface area contributed by atoms with E-state index in [1.165, 1.54) is 17.0 Å². The molecule has 2 amide bonds. The number of nitrogens with one attached hydrogen (secondary N) is 1. The van der Waals surface area contributed by atoms with Gasteiger partial charge < -0.3 is 15.3 Å². The Kier molecular flexibility index (Phi) is 2.42. The van der Waals surface area contributed by atoms with E-state index in [4.69, 9.17) is 0 Å². The highest BCUT2D eigenvalue weighted by Gasteiger charge is 2.37. The third kappa shape index (κ3) is 1.53. The maximum Gasteiger partial charge on any atom is 0.259 e. The van der Waals surface area contributed by atoms with Crippen molar-refractivity contribution in [2.24, 2.45) is 0 Å². The molecule has 0 bridgehead atoms. The van der Waals surface area contributed by atoms with E-state index in [0.29, 0.717) is 22.4 Å². The summed E-state index contributed by atoms with van der Waals surface area (Å²) in [6.07, 6.45) is 0. The highest BCUT2D eigenvalue weighted by Crippen LogP contribution is 2.44. The number of phenols is 1. The molecule has 2 heterocycles. The maximum absolute atomic E-state index is 12.6. The smallest absolute Gasteiger partial charge is 0.259 e. The number of anilines is 2. The van der Waals surface area contributed by atoms with E-state index in [0.717, 1.165) is 11.3 Å². The molecule has 5 nitrogen and oxygen atoms in total. The van der Waals surface area contributed by atoms with Gasteiger partial charge in [-0.3, -0.25) is 9.59 Å². The lowest BCUT2D eigenvalue weighted by atomic mass is 9.96. The highest BCUT2D eigenvalue weighted by molar-refractivity contribution is 6.49. The average Bonchev–Trinajstić information content (AvgIpc) is 2.95. The van der Waals surface area contributed by atoms with E-state index >= 15 is 0 Å². The van der Waals surface area contributed by atoms with Crippen molar-refractivity contribution in [3.63, 3.8) is 0 Å². The molecule has 0 radical (unpaired) electrons. The number of carbonyl (C=O) groups excluding carboxylic acids is 2. The van der Waals surface area contributed by atoms with E-state index in [1.54, 1.807) is 13.1 Å². The molecule has 0 aliphatic carbocycles. The van der Waals surface area contributed by atoms with Crippen LogP contribution in [0.1, 0.15) is 11.1 Å².